The summed E-state index contributed by atoms with van der Waals surface area (Å²) in [6, 6.07) is 16.8. The maximum atomic E-state index is 12.6. The van der Waals surface area contributed by atoms with Crippen molar-refractivity contribution in [3.8, 4) is 0 Å². The molecule has 0 unspecified atom stereocenters. The van der Waals surface area contributed by atoms with Gasteiger partial charge in [-0.3, -0.25) is 5.43 Å². The number of nitrogens with one attached hydrogen (secondary N) is 1. The molecule has 0 aromatic heterocycles. The number of amidine groups is 1. The molecule has 2 aromatic carbocycles. The Morgan fingerprint density at radius 3 is 2.43 bits per heavy atom. The Balaban J connectivity index is 1.64. The summed E-state index contributed by atoms with van der Waals surface area (Å²) in [6.07, 6.45) is 5.76. The van der Waals surface area contributed by atoms with E-state index in [2.05, 4.69) is 21.8 Å². The van der Waals surface area contributed by atoms with E-state index in [1.165, 1.54) is 31.0 Å². The number of unbranched alkanes of at least 4 members (excludes halogenated alkanes) is 3. The molecule has 0 fully saturated rings. The zero-order valence-electron chi connectivity index (χ0n) is 16.0. The van der Waals surface area contributed by atoms with Crippen molar-refractivity contribution >= 4 is 32.7 Å². The summed E-state index contributed by atoms with van der Waals surface area (Å²) in [5.41, 5.74) is 5.81. The van der Waals surface area contributed by atoms with Crippen molar-refractivity contribution in [1.29, 1.82) is 0 Å². The van der Waals surface area contributed by atoms with E-state index in [-0.39, 0.29) is 4.90 Å². The van der Waals surface area contributed by atoms with Crippen molar-refractivity contribution in [2.24, 2.45) is 9.50 Å². The first-order chi connectivity index (χ1) is 13.6. The molecule has 0 atom stereocenters. The van der Waals surface area contributed by atoms with Crippen LogP contribution in [-0.2, 0) is 16.4 Å². The number of benzene rings is 2. The summed E-state index contributed by atoms with van der Waals surface area (Å²) in [7, 11) is -3.75. The van der Waals surface area contributed by atoms with Gasteiger partial charge in [-0.1, -0.05) is 80.4 Å². The minimum atomic E-state index is -3.75. The van der Waals surface area contributed by atoms with Crippen molar-refractivity contribution in [2.45, 2.75) is 43.9 Å². The van der Waals surface area contributed by atoms with E-state index in [9.17, 15) is 8.42 Å². The van der Waals surface area contributed by atoms with Gasteiger partial charge in [0.15, 0.2) is 5.17 Å². The molecule has 5 nitrogen and oxygen atoms in total. The number of aryl methyl sites for hydroxylation is 1. The van der Waals surface area contributed by atoms with Crippen LogP contribution in [0.15, 0.2) is 69.0 Å². The van der Waals surface area contributed by atoms with E-state index in [4.69, 9.17) is 0 Å². The van der Waals surface area contributed by atoms with Gasteiger partial charge in [0.2, 0.25) is 0 Å². The van der Waals surface area contributed by atoms with Crippen LogP contribution in [0.4, 0.5) is 0 Å². The maximum Gasteiger partial charge on any atom is 0.284 e. The van der Waals surface area contributed by atoms with Crippen LogP contribution < -0.4 is 5.43 Å². The fraction of sp³-hybridized carbons (Fsp3) is 0.333. The highest BCUT2D eigenvalue weighted by molar-refractivity contribution is 8.15. The van der Waals surface area contributed by atoms with Gasteiger partial charge in [0, 0.05) is 5.75 Å². The van der Waals surface area contributed by atoms with Gasteiger partial charge in [-0.05, 0) is 36.1 Å². The molecule has 3 rings (SSSR count). The number of nitrogens with zero attached hydrogens (tertiary/aromatic N) is 2. The molecule has 0 spiro atoms. The summed E-state index contributed by atoms with van der Waals surface area (Å²) >= 11 is 1.34. The molecule has 1 heterocycles. The monoisotopic (exact) mass is 415 g/mol. The molecule has 28 heavy (non-hydrogen) atoms. The van der Waals surface area contributed by atoms with E-state index in [1.54, 1.807) is 12.1 Å². The first-order valence-corrected chi connectivity index (χ1v) is 12.0. The van der Waals surface area contributed by atoms with Crippen molar-refractivity contribution in [2.75, 3.05) is 5.75 Å². The van der Waals surface area contributed by atoms with Gasteiger partial charge in [0.05, 0.1) is 10.6 Å². The standard InChI is InChI=1S/C21H25N3O2S2/c1-2-3-4-6-9-17-12-14-19(15-13-17)28(25,26)24-21-23-22-20(16-27-21)18-10-7-5-8-11-18/h5,7-8,10-15H,2-4,6,9,16H2,1H3,(H,23,24). The quantitative estimate of drug-likeness (QED) is 0.640. The molecule has 2 aromatic rings. The SMILES string of the molecule is CCCCCCc1ccc(S(=O)(=O)/N=C2/NN=C(c3ccccc3)CS2)cc1. The molecule has 1 aliphatic heterocycles. The van der Waals surface area contributed by atoms with Crippen LogP contribution in [-0.4, -0.2) is 25.0 Å². The van der Waals surface area contributed by atoms with Gasteiger partial charge < -0.3 is 0 Å². The molecule has 148 valence electrons. The van der Waals surface area contributed by atoms with Gasteiger partial charge in [-0.2, -0.15) is 13.5 Å². The summed E-state index contributed by atoms with van der Waals surface area (Å²) in [6.45, 7) is 2.19. The third-order valence-corrected chi connectivity index (χ3v) is 6.76. The second kappa shape index (κ2) is 9.89. The number of hydrogen-bond acceptors (Lipinski definition) is 4. The number of rotatable bonds is 8. The second-order valence-electron chi connectivity index (χ2n) is 6.65. The average molecular weight is 416 g/mol. The molecule has 0 amide bonds. The molecule has 0 saturated heterocycles. The number of hydrazone groups is 1. The lowest BCUT2D eigenvalue weighted by molar-refractivity contribution is 0.598. The smallest absolute Gasteiger partial charge is 0.255 e. The zero-order valence-corrected chi connectivity index (χ0v) is 17.6. The first-order valence-electron chi connectivity index (χ1n) is 9.53. The number of thioether (sulfide) groups is 1. The largest absolute Gasteiger partial charge is 0.284 e. The van der Waals surface area contributed by atoms with Crippen LogP contribution in [0.3, 0.4) is 0 Å². The summed E-state index contributed by atoms with van der Waals surface area (Å²) in [4.78, 5) is 0.206. The molecule has 0 radical (unpaired) electrons. The Hall–Kier alpha value is -2.12. The van der Waals surface area contributed by atoms with Crippen molar-refractivity contribution in [3.05, 3.63) is 65.7 Å². The van der Waals surface area contributed by atoms with Crippen molar-refractivity contribution in [1.82, 2.24) is 5.43 Å². The van der Waals surface area contributed by atoms with Gasteiger partial charge in [-0.25, -0.2) is 0 Å². The number of hydrogen-bond donors (Lipinski definition) is 1. The molecule has 0 bridgehead atoms. The van der Waals surface area contributed by atoms with E-state index < -0.39 is 10.0 Å². The normalized spacial score (nSPS) is 15.9. The molecule has 0 saturated carbocycles. The Kier molecular flexibility index (Phi) is 7.28. The van der Waals surface area contributed by atoms with Crippen LogP contribution >= 0.6 is 11.8 Å². The van der Waals surface area contributed by atoms with E-state index >= 15 is 0 Å². The summed E-state index contributed by atoms with van der Waals surface area (Å²) in [5, 5.41) is 4.57. The predicted molar refractivity (Wildman–Crippen MR) is 117 cm³/mol. The highest BCUT2D eigenvalue weighted by Crippen LogP contribution is 2.19. The predicted octanol–water partition coefficient (Wildman–Crippen LogP) is 4.59. The van der Waals surface area contributed by atoms with Crippen molar-refractivity contribution < 1.29 is 8.42 Å². The van der Waals surface area contributed by atoms with E-state index in [0.29, 0.717) is 10.9 Å². The summed E-state index contributed by atoms with van der Waals surface area (Å²) in [5.74, 6) is 0.571. The second-order valence-corrected chi connectivity index (χ2v) is 9.22. The lowest BCUT2D eigenvalue weighted by atomic mass is 10.1. The van der Waals surface area contributed by atoms with Crippen LogP contribution in [0, 0.1) is 0 Å². The van der Waals surface area contributed by atoms with Gasteiger partial charge in [0.25, 0.3) is 10.0 Å². The van der Waals surface area contributed by atoms with Gasteiger partial charge >= 0.3 is 0 Å². The summed E-state index contributed by atoms with van der Waals surface area (Å²) < 4.78 is 29.1. The molecular weight excluding hydrogens is 390 g/mol. The van der Waals surface area contributed by atoms with Crippen LogP contribution in [0.25, 0.3) is 0 Å². The Labute approximate surface area is 171 Å². The van der Waals surface area contributed by atoms with Gasteiger partial charge in [0.1, 0.15) is 0 Å². The Morgan fingerprint density at radius 2 is 1.79 bits per heavy atom. The van der Waals surface area contributed by atoms with Crippen LogP contribution in [0.1, 0.15) is 43.7 Å². The highest BCUT2D eigenvalue weighted by atomic mass is 32.2. The van der Waals surface area contributed by atoms with Crippen LogP contribution in [0.5, 0.6) is 0 Å². The van der Waals surface area contributed by atoms with E-state index in [1.807, 2.05) is 42.5 Å². The average Bonchev–Trinajstić information content (AvgIpc) is 2.72. The molecule has 7 heteroatoms. The van der Waals surface area contributed by atoms with Crippen LogP contribution in [0.2, 0.25) is 0 Å². The third kappa shape index (κ3) is 5.69. The third-order valence-electron chi connectivity index (χ3n) is 4.48. The molecule has 1 aliphatic rings. The first kappa shape index (κ1) is 20.6. The lowest BCUT2D eigenvalue weighted by Crippen LogP contribution is -2.26. The van der Waals surface area contributed by atoms with E-state index in [0.717, 1.165) is 29.7 Å². The minimum Gasteiger partial charge on any atom is -0.255 e. The molecular formula is C21H25N3O2S2. The zero-order chi connectivity index (χ0) is 19.8. The Bertz CT molecular complexity index is 937. The highest BCUT2D eigenvalue weighted by Gasteiger charge is 2.18. The van der Waals surface area contributed by atoms with Crippen molar-refractivity contribution in [3.63, 3.8) is 0 Å². The lowest BCUT2D eigenvalue weighted by Gasteiger charge is -2.14. The van der Waals surface area contributed by atoms with Gasteiger partial charge in [-0.15, -0.1) is 4.40 Å². The molecule has 0 aliphatic carbocycles. The fourth-order valence-electron chi connectivity index (χ4n) is 2.89. The minimum absolute atomic E-state index is 0.206. The fourth-order valence-corrected chi connectivity index (χ4v) is 4.85. The maximum absolute atomic E-state index is 12.6. The Morgan fingerprint density at radius 1 is 1.04 bits per heavy atom. The number of sulfonamides is 1. The topological polar surface area (TPSA) is 70.9 Å². The molecule has 1 N–H and O–H groups in total.